The highest BCUT2D eigenvalue weighted by molar-refractivity contribution is 5.97. The molecule has 0 N–H and O–H groups in total. The van der Waals surface area contributed by atoms with Gasteiger partial charge in [-0.3, -0.25) is 4.79 Å². The summed E-state index contributed by atoms with van der Waals surface area (Å²) in [7, 11) is 3.12. The van der Waals surface area contributed by atoms with E-state index in [-0.39, 0.29) is 5.91 Å². The Morgan fingerprint density at radius 3 is 2.47 bits per heavy atom. The number of amides is 1. The quantitative estimate of drug-likeness (QED) is 0.761. The second-order valence-corrected chi connectivity index (χ2v) is 4.28. The fraction of sp³-hybridized carbons (Fsp3) is 0.533. The van der Waals surface area contributed by atoms with Crippen molar-refractivity contribution in [2.24, 2.45) is 0 Å². The van der Waals surface area contributed by atoms with Gasteiger partial charge in [0.25, 0.3) is 5.91 Å². The molecule has 0 aromatic heterocycles. The van der Waals surface area contributed by atoms with Crippen LogP contribution < -0.4 is 9.47 Å². The average molecular weight is 265 g/mol. The van der Waals surface area contributed by atoms with Crippen LogP contribution in [0.25, 0.3) is 0 Å². The van der Waals surface area contributed by atoms with Crippen molar-refractivity contribution in [3.05, 3.63) is 23.8 Å². The Bertz CT molecular complexity index is 418. The molecule has 0 bridgehead atoms. The van der Waals surface area contributed by atoms with Crippen molar-refractivity contribution in [3.63, 3.8) is 0 Å². The van der Waals surface area contributed by atoms with Gasteiger partial charge >= 0.3 is 0 Å². The fourth-order valence-electron chi connectivity index (χ4n) is 1.98. The van der Waals surface area contributed by atoms with Gasteiger partial charge in [-0.2, -0.15) is 0 Å². The molecule has 0 heterocycles. The van der Waals surface area contributed by atoms with Crippen molar-refractivity contribution in [2.75, 3.05) is 27.3 Å². The van der Waals surface area contributed by atoms with Gasteiger partial charge in [0.05, 0.1) is 19.8 Å². The van der Waals surface area contributed by atoms with Crippen LogP contribution in [0.5, 0.6) is 11.5 Å². The molecule has 0 aliphatic heterocycles. The number of unbranched alkanes of at least 4 members (excludes halogenated alkanes) is 1. The second kappa shape index (κ2) is 7.67. The van der Waals surface area contributed by atoms with E-state index in [1.165, 1.54) is 0 Å². The van der Waals surface area contributed by atoms with Crippen LogP contribution in [-0.4, -0.2) is 38.1 Å². The van der Waals surface area contributed by atoms with Crippen molar-refractivity contribution in [3.8, 4) is 11.5 Å². The molecule has 0 radical (unpaired) electrons. The lowest BCUT2D eigenvalue weighted by molar-refractivity contribution is 0.0758. The molecule has 0 saturated heterocycles. The lowest BCUT2D eigenvalue weighted by Gasteiger charge is -2.22. The third kappa shape index (κ3) is 3.63. The van der Waals surface area contributed by atoms with Gasteiger partial charge < -0.3 is 14.4 Å². The molecule has 19 heavy (non-hydrogen) atoms. The van der Waals surface area contributed by atoms with Gasteiger partial charge in [0.2, 0.25) is 0 Å². The molecule has 0 atom stereocenters. The summed E-state index contributed by atoms with van der Waals surface area (Å²) in [6, 6.07) is 5.37. The van der Waals surface area contributed by atoms with Gasteiger partial charge in [-0.05, 0) is 25.5 Å². The summed E-state index contributed by atoms with van der Waals surface area (Å²) in [5.74, 6) is 1.08. The van der Waals surface area contributed by atoms with E-state index in [1.54, 1.807) is 26.4 Å². The second-order valence-electron chi connectivity index (χ2n) is 4.28. The summed E-state index contributed by atoms with van der Waals surface area (Å²) < 4.78 is 10.5. The topological polar surface area (TPSA) is 38.8 Å². The van der Waals surface area contributed by atoms with E-state index in [9.17, 15) is 4.79 Å². The highest BCUT2D eigenvalue weighted by Gasteiger charge is 2.20. The lowest BCUT2D eigenvalue weighted by Crippen LogP contribution is -2.32. The Labute approximate surface area is 115 Å². The zero-order chi connectivity index (χ0) is 14.3. The zero-order valence-electron chi connectivity index (χ0n) is 12.2. The molecule has 0 aliphatic rings. The first-order chi connectivity index (χ1) is 9.19. The van der Waals surface area contributed by atoms with Gasteiger partial charge in [-0.25, -0.2) is 0 Å². The van der Waals surface area contributed by atoms with Crippen LogP contribution in [0.2, 0.25) is 0 Å². The highest BCUT2D eigenvalue weighted by Crippen LogP contribution is 2.31. The first kappa shape index (κ1) is 15.3. The summed E-state index contributed by atoms with van der Waals surface area (Å²) in [6.45, 7) is 5.57. The lowest BCUT2D eigenvalue weighted by atomic mass is 10.1. The van der Waals surface area contributed by atoms with Gasteiger partial charge in [-0.1, -0.05) is 19.4 Å². The highest BCUT2D eigenvalue weighted by atomic mass is 16.5. The standard InChI is InChI=1S/C15H23NO3/c1-5-7-11-16(6-2)15(17)12-9-8-10-13(18-3)14(12)19-4/h8-10H,5-7,11H2,1-4H3. The molecule has 0 saturated carbocycles. The van der Waals surface area contributed by atoms with Gasteiger partial charge in [0.15, 0.2) is 11.5 Å². The minimum Gasteiger partial charge on any atom is -0.493 e. The predicted octanol–water partition coefficient (Wildman–Crippen LogP) is 2.97. The van der Waals surface area contributed by atoms with Crippen molar-refractivity contribution >= 4 is 5.91 Å². The van der Waals surface area contributed by atoms with E-state index in [1.807, 2.05) is 17.9 Å². The van der Waals surface area contributed by atoms with Crippen LogP contribution in [0.4, 0.5) is 0 Å². The van der Waals surface area contributed by atoms with Crippen molar-refractivity contribution in [1.29, 1.82) is 0 Å². The van der Waals surface area contributed by atoms with Crippen LogP contribution in [0.3, 0.4) is 0 Å². The Morgan fingerprint density at radius 2 is 1.95 bits per heavy atom. The molecule has 4 heteroatoms. The fourth-order valence-corrected chi connectivity index (χ4v) is 1.98. The third-order valence-electron chi connectivity index (χ3n) is 3.08. The van der Waals surface area contributed by atoms with Crippen LogP contribution in [0.15, 0.2) is 18.2 Å². The molecule has 0 aliphatic carbocycles. The number of hydrogen-bond donors (Lipinski definition) is 0. The summed E-state index contributed by atoms with van der Waals surface area (Å²) >= 11 is 0. The van der Waals surface area contributed by atoms with E-state index < -0.39 is 0 Å². The number of nitrogens with zero attached hydrogens (tertiary/aromatic N) is 1. The minimum atomic E-state index is -0.00769. The number of para-hydroxylation sites is 1. The number of methoxy groups -OCH3 is 2. The molecule has 106 valence electrons. The molecule has 1 amide bonds. The van der Waals surface area contributed by atoms with E-state index in [0.717, 1.165) is 19.4 Å². The van der Waals surface area contributed by atoms with Gasteiger partial charge in [-0.15, -0.1) is 0 Å². The van der Waals surface area contributed by atoms with E-state index in [2.05, 4.69) is 6.92 Å². The molecule has 0 spiro atoms. The maximum absolute atomic E-state index is 12.5. The molecule has 0 unspecified atom stereocenters. The monoisotopic (exact) mass is 265 g/mol. The molecule has 4 nitrogen and oxygen atoms in total. The molecular weight excluding hydrogens is 242 g/mol. The number of rotatable bonds is 7. The molecule has 0 fully saturated rings. The molecular formula is C15H23NO3. The minimum absolute atomic E-state index is 0.00769. The van der Waals surface area contributed by atoms with Crippen molar-refractivity contribution < 1.29 is 14.3 Å². The summed E-state index contributed by atoms with van der Waals surface area (Å²) in [5, 5.41) is 0. The number of carbonyl (C=O) groups excluding carboxylic acids is 1. The molecule has 1 aromatic carbocycles. The van der Waals surface area contributed by atoms with Crippen molar-refractivity contribution in [1.82, 2.24) is 4.90 Å². The summed E-state index contributed by atoms with van der Waals surface area (Å²) in [6.07, 6.45) is 2.07. The maximum atomic E-state index is 12.5. The predicted molar refractivity (Wildman–Crippen MR) is 76.0 cm³/mol. The first-order valence-corrected chi connectivity index (χ1v) is 6.69. The number of carbonyl (C=O) groups is 1. The van der Waals surface area contributed by atoms with Gasteiger partial charge in [0, 0.05) is 13.1 Å². The summed E-state index contributed by atoms with van der Waals surface area (Å²) in [4.78, 5) is 14.4. The van der Waals surface area contributed by atoms with Crippen LogP contribution in [0.1, 0.15) is 37.0 Å². The van der Waals surface area contributed by atoms with Crippen LogP contribution in [-0.2, 0) is 0 Å². The number of benzene rings is 1. The molecule has 1 rings (SSSR count). The maximum Gasteiger partial charge on any atom is 0.257 e. The Hall–Kier alpha value is -1.71. The zero-order valence-corrected chi connectivity index (χ0v) is 12.2. The Balaban J connectivity index is 3.03. The van der Waals surface area contributed by atoms with Gasteiger partial charge in [0.1, 0.15) is 0 Å². The smallest absolute Gasteiger partial charge is 0.257 e. The normalized spacial score (nSPS) is 10.1. The van der Waals surface area contributed by atoms with Crippen LogP contribution in [0, 0.1) is 0 Å². The van der Waals surface area contributed by atoms with Crippen molar-refractivity contribution in [2.45, 2.75) is 26.7 Å². The average Bonchev–Trinajstić information content (AvgIpc) is 2.46. The number of ether oxygens (including phenoxy) is 2. The summed E-state index contributed by atoms with van der Waals surface area (Å²) in [5.41, 5.74) is 0.555. The molecule has 1 aromatic rings. The van der Waals surface area contributed by atoms with E-state index >= 15 is 0 Å². The van der Waals surface area contributed by atoms with E-state index in [4.69, 9.17) is 9.47 Å². The third-order valence-corrected chi connectivity index (χ3v) is 3.08. The number of hydrogen-bond acceptors (Lipinski definition) is 3. The first-order valence-electron chi connectivity index (χ1n) is 6.69. The Morgan fingerprint density at radius 1 is 1.21 bits per heavy atom. The SMILES string of the molecule is CCCCN(CC)C(=O)c1cccc(OC)c1OC. The van der Waals surface area contributed by atoms with E-state index in [0.29, 0.717) is 23.6 Å². The largest absolute Gasteiger partial charge is 0.493 e. The Kier molecular flexibility index (Phi) is 6.19. The van der Waals surface area contributed by atoms with Crippen LogP contribution >= 0.6 is 0 Å².